The molecule has 12 heteroatoms. The van der Waals surface area contributed by atoms with Gasteiger partial charge in [-0.25, -0.2) is 19.2 Å². The van der Waals surface area contributed by atoms with E-state index in [0.29, 0.717) is 17.9 Å². The molecule has 0 saturated carbocycles. The standard InChI is InChI=1S/C28H36N6O2.C11H14N2O2/c1-6-18(4)19(5)27(35)32-22-9-7-20(8-10-22)23-15-24(34-25(23)26(29)30-16-31-34)21-11-13-33(14-12-21)28(36)17(2)3;1-9(2)12-11(15)13(8-14)10-6-4-3-5-7-10/h7-10,15-17,21H,6,11-14H2,1-5H3,(H,32,35)(H2,29,30,31);3-9H,1-2H3,(H,12,15)/b19-18-;. The highest BCUT2D eigenvalue weighted by molar-refractivity contribution is 6.06. The molecule has 1 fully saturated rings. The van der Waals surface area contributed by atoms with Crippen molar-refractivity contribution in [1.82, 2.24) is 24.8 Å². The van der Waals surface area contributed by atoms with Crippen LogP contribution < -0.4 is 21.3 Å². The minimum absolute atomic E-state index is 0.00339. The summed E-state index contributed by atoms with van der Waals surface area (Å²) < 4.78 is 1.90. The quantitative estimate of drug-likeness (QED) is 0.129. The van der Waals surface area contributed by atoms with E-state index in [0.717, 1.165) is 76.4 Å². The van der Waals surface area contributed by atoms with Gasteiger partial charge in [0.2, 0.25) is 12.3 Å². The third kappa shape index (κ3) is 9.39. The summed E-state index contributed by atoms with van der Waals surface area (Å²) >= 11 is 0. The van der Waals surface area contributed by atoms with Gasteiger partial charge in [0.1, 0.15) is 11.8 Å². The van der Waals surface area contributed by atoms with Crippen LogP contribution in [0.25, 0.3) is 16.6 Å². The van der Waals surface area contributed by atoms with Crippen molar-refractivity contribution in [3.63, 3.8) is 0 Å². The van der Waals surface area contributed by atoms with Crippen molar-refractivity contribution in [2.24, 2.45) is 5.92 Å². The minimum Gasteiger partial charge on any atom is -0.382 e. The maximum absolute atomic E-state index is 12.5. The molecule has 0 bridgehead atoms. The number of nitrogens with one attached hydrogen (secondary N) is 2. The number of allylic oxidation sites excluding steroid dienone is 1. The molecule has 0 aliphatic carbocycles. The molecule has 1 saturated heterocycles. The summed E-state index contributed by atoms with van der Waals surface area (Å²) in [5, 5.41) is 10.2. The lowest BCUT2D eigenvalue weighted by atomic mass is 9.92. The van der Waals surface area contributed by atoms with Gasteiger partial charge in [0.25, 0.3) is 5.91 Å². The molecule has 0 unspecified atom stereocenters. The monoisotopic (exact) mass is 694 g/mol. The maximum atomic E-state index is 12.5. The maximum Gasteiger partial charge on any atom is 0.328 e. The summed E-state index contributed by atoms with van der Waals surface area (Å²) in [7, 11) is 0. The van der Waals surface area contributed by atoms with E-state index in [1.807, 2.05) is 88.2 Å². The van der Waals surface area contributed by atoms with Crippen LogP contribution in [0.3, 0.4) is 0 Å². The van der Waals surface area contributed by atoms with Crippen LogP contribution in [0.15, 0.2) is 78.1 Å². The number of hydrogen-bond acceptors (Lipinski definition) is 7. The van der Waals surface area contributed by atoms with Gasteiger partial charge < -0.3 is 21.3 Å². The van der Waals surface area contributed by atoms with E-state index in [-0.39, 0.29) is 29.7 Å². The van der Waals surface area contributed by atoms with Crippen LogP contribution in [0, 0.1) is 5.92 Å². The van der Waals surface area contributed by atoms with Gasteiger partial charge in [0.15, 0.2) is 5.82 Å². The fourth-order valence-corrected chi connectivity index (χ4v) is 5.91. The predicted octanol–water partition coefficient (Wildman–Crippen LogP) is 6.79. The van der Waals surface area contributed by atoms with Crippen LogP contribution in [0.4, 0.5) is 22.0 Å². The summed E-state index contributed by atoms with van der Waals surface area (Å²) in [6.07, 6.45) is 4.59. The normalized spacial score (nSPS) is 13.7. The number of hydrogen-bond donors (Lipinski definition) is 3. The van der Waals surface area contributed by atoms with Gasteiger partial charge in [0, 0.05) is 53.5 Å². The van der Waals surface area contributed by atoms with Gasteiger partial charge in [-0.05, 0) is 82.9 Å². The number of para-hydroxylation sites is 1. The van der Waals surface area contributed by atoms with Crippen LogP contribution in [-0.2, 0) is 14.4 Å². The van der Waals surface area contributed by atoms with Gasteiger partial charge in [0.05, 0.1) is 5.69 Å². The summed E-state index contributed by atoms with van der Waals surface area (Å²) in [6, 6.07) is 18.3. The Kier molecular flexibility index (Phi) is 13.1. The second kappa shape index (κ2) is 17.4. The third-order valence-corrected chi connectivity index (χ3v) is 9.06. The molecule has 51 heavy (non-hydrogen) atoms. The van der Waals surface area contributed by atoms with Crippen molar-refractivity contribution in [3.8, 4) is 11.1 Å². The number of anilines is 3. The highest BCUT2D eigenvalue weighted by Crippen LogP contribution is 2.37. The number of rotatable bonds is 9. The SMILES string of the molecule is CC(C)NC(=O)N(C=O)c1ccccc1.CC/C(C)=C(/C)C(=O)Nc1ccc(-c2cc(C3CCN(C(=O)C(C)C)CC3)n3ncnc(N)c23)cc1. The average Bonchev–Trinajstić information content (AvgIpc) is 3.52. The number of piperidine rings is 1. The average molecular weight is 695 g/mol. The summed E-state index contributed by atoms with van der Waals surface area (Å²) in [5.74, 6) is 0.832. The number of fused-ring (bicyclic) bond motifs is 1. The van der Waals surface area contributed by atoms with Crippen molar-refractivity contribution in [2.75, 3.05) is 29.0 Å². The molecule has 0 atom stereocenters. The molecule has 5 rings (SSSR count). The van der Waals surface area contributed by atoms with Crippen LogP contribution in [0.2, 0.25) is 0 Å². The van der Waals surface area contributed by atoms with E-state index >= 15 is 0 Å². The van der Waals surface area contributed by atoms with Gasteiger partial charge in [-0.2, -0.15) is 5.10 Å². The molecule has 3 heterocycles. The van der Waals surface area contributed by atoms with E-state index in [1.165, 1.54) is 6.33 Å². The number of nitrogen functional groups attached to an aromatic ring is 1. The Labute approximate surface area is 300 Å². The molecule has 0 radical (unpaired) electrons. The molecule has 2 aromatic carbocycles. The smallest absolute Gasteiger partial charge is 0.328 e. The number of carbonyl (C=O) groups is 4. The summed E-state index contributed by atoms with van der Waals surface area (Å²) in [6.45, 7) is 14.9. The number of imide groups is 1. The molecule has 4 N–H and O–H groups in total. The van der Waals surface area contributed by atoms with E-state index < -0.39 is 6.03 Å². The Hall–Kier alpha value is -5.52. The van der Waals surface area contributed by atoms with Crippen molar-refractivity contribution >= 4 is 47.0 Å². The van der Waals surface area contributed by atoms with E-state index in [2.05, 4.69) is 26.8 Å². The van der Waals surface area contributed by atoms with Crippen molar-refractivity contribution in [1.29, 1.82) is 0 Å². The molecular weight excluding hydrogens is 644 g/mol. The summed E-state index contributed by atoms with van der Waals surface area (Å²) in [4.78, 5) is 54.6. The van der Waals surface area contributed by atoms with Crippen LogP contribution in [-0.4, -0.2) is 62.9 Å². The van der Waals surface area contributed by atoms with Crippen molar-refractivity contribution in [2.45, 2.75) is 79.7 Å². The number of likely N-dealkylation sites (tertiary alicyclic amines) is 1. The highest BCUT2D eigenvalue weighted by Gasteiger charge is 2.28. The zero-order chi connectivity index (χ0) is 37.2. The number of nitrogens with zero attached hydrogens (tertiary/aromatic N) is 5. The number of nitrogens with two attached hydrogens (primary N) is 1. The lowest BCUT2D eigenvalue weighted by Gasteiger charge is -2.33. The summed E-state index contributed by atoms with van der Waals surface area (Å²) in [5.41, 5.74) is 13.2. The first-order valence-electron chi connectivity index (χ1n) is 17.4. The second-order valence-electron chi connectivity index (χ2n) is 13.3. The topological polar surface area (TPSA) is 155 Å². The highest BCUT2D eigenvalue weighted by atomic mass is 16.2. The zero-order valence-electron chi connectivity index (χ0n) is 30.6. The third-order valence-electron chi connectivity index (χ3n) is 9.06. The van der Waals surface area contributed by atoms with Crippen LogP contribution >= 0.6 is 0 Å². The molecule has 1 aliphatic heterocycles. The first kappa shape index (κ1) is 38.3. The number of carbonyl (C=O) groups excluding carboxylic acids is 4. The molecule has 1 aliphatic rings. The Balaban J connectivity index is 0.000000326. The molecule has 5 amide bonds. The Morgan fingerprint density at radius 2 is 1.65 bits per heavy atom. The molecule has 270 valence electrons. The second-order valence-corrected chi connectivity index (χ2v) is 13.3. The Morgan fingerprint density at radius 3 is 2.22 bits per heavy atom. The van der Waals surface area contributed by atoms with E-state index in [9.17, 15) is 19.2 Å². The Morgan fingerprint density at radius 1 is 1.00 bits per heavy atom. The molecular formula is C39H50N8O4. The minimum atomic E-state index is -0.411. The molecule has 2 aromatic heterocycles. The molecule has 0 spiro atoms. The van der Waals surface area contributed by atoms with Gasteiger partial charge in [-0.3, -0.25) is 14.4 Å². The van der Waals surface area contributed by atoms with Crippen molar-refractivity contribution < 1.29 is 19.2 Å². The number of benzene rings is 2. The van der Waals surface area contributed by atoms with Gasteiger partial charge >= 0.3 is 6.03 Å². The van der Waals surface area contributed by atoms with Gasteiger partial charge in [-0.15, -0.1) is 0 Å². The van der Waals surface area contributed by atoms with Crippen LogP contribution in [0.1, 0.15) is 79.3 Å². The molecule has 12 nitrogen and oxygen atoms in total. The van der Waals surface area contributed by atoms with E-state index in [1.54, 1.807) is 24.3 Å². The van der Waals surface area contributed by atoms with Crippen molar-refractivity contribution in [3.05, 3.63) is 83.8 Å². The number of aromatic nitrogens is 3. The lowest BCUT2D eigenvalue weighted by molar-refractivity contribution is -0.135. The fourth-order valence-electron chi connectivity index (χ4n) is 5.91. The lowest BCUT2D eigenvalue weighted by Crippen LogP contribution is -2.42. The zero-order valence-corrected chi connectivity index (χ0v) is 30.6. The Bertz CT molecular complexity index is 1860. The van der Waals surface area contributed by atoms with Gasteiger partial charge in [-0.1, -0.05) is 56.7 Å². The predicted molar refractivity (Wildman–Crippen MR) is 202 cm³/mol. The first-order valence-corrected chi connectivity index (χ1v) is 17.4. The number of amides is 5. The largest absolute Gasteiger partial charge is 0.382 e. The first-order chi connectivity index (χ1) is 24.4. The molecule has 4 aromatic rings. The van der Waals surface area contributed by atoms with Crippen LogP contribution in [0.5, 0.6) is 0 Å². The van der Waals surface area contributed by atoms with E-state index in [4.69, 9.17) is 5.73 Å². The fraction of sp³-hybridized carbons (Fsp3) is 0.385. The number of urea groups is 1.